The van der Waals surface area contributed by atoms with Gasteiger partial charge in [-0.1, -0.05) is 26.2 Å². The van der Waals surface area contributed by atoms with Crippen molar-refractivity contribution in [2.24, 2.45) is 5.92 Å². The zero-order valence-electron chi connectivity index (χ0n) is 11.0. The molecule has 2 nitrogen and oxygen atoms in total. The predicted octanol–water partition coefficient (Wildman–Crippen LogP) is 2.48. The van der Waals surface area contributed by atoms with Gasteiger partial charge in [0, 0.05) is 19.0 Å². The van der Waals surface area contributed by atoms with Gasteiger partial charge in [-0.3, -0.25) is 9.69 Å². The van der Waals surface area contributed by atoms with E-state index in [-0.39, 0.29) is 17.2 Å². The van der Waals surface area contributed by atoms with E-state index in [2.05, 4.69) is 37.5 Å². The summed E-state index contributed by atoms with van der Waals surface area (Å²) in [5.74, 6) is 6.13. The molecule has 0 radical (unpaired) electrons. The summed E-state index contributed by atoms with van der Waals surface area (Å²) in [5.41, 5.74) is -0.139. The number of nitrogens with zero attached hydrogens (tertiary/aromatic N) is 1. The van der Waals surface area contributed by atoms with Gasteiger partial charge in [-0.05, 0) is 32.6 Å². The molecule has 0 N–H and O–H groups in total. The van der Waals surface area contributed by atoms with Crippen LogP contribution in [0.2, 0.25) is 0 Å². The lowest BCUT2D eigenvalue weighted by Gasteiger charge is -2.41. The summed E-state index contributed by atoms with van der Waals surface area (Å²) in [6.07, 6.45) is 3.24. The predicted molar refractivity (Wildman–Crippen MR) is 67.1 cm³/mol. The Morgan fingerprint density at radius 2 is 2.06 bits per heavy atom. The molecule has 0 aromatic carbocycles. The van der Waals surface area contributed by atoms with Gasteiger partial charge in [0.15, 0.2) is 0 Å². The molecule has 1 aliphatic rings. The van der Waals surface area contributed by atoms with Crippen molar-refractivity contribution in [1.29, 1.82) is 0 Å². The van der Waals surface area contributed by atoms with E-state index in [9.17, 15) is 4.79 Å². The van der Waals surface area contributed by atoms with Gasteiger partial charge in [-0.15, -0.1) is 0 Å². The molecule has 0 saturated carbocycles. The molecule has 0 amide bonds. The van der Waals surface area contributed by atoms with E-state index in [0.717, 1.165) is 25.9 Å². The number of likely N-dealkylation sites (tertiary alicyclic amines) is 1. The molecule has 1 heterocycles. The highest BCUT2D eigenvalue weighted by Gasteiger charge is 2.29. The minimum Gasteiger partial charge on any atom is -0.288 e. The maximum absolute atomic E-state index is 11.7. The van der Waals surface area contributed by atoms with Crippen LogP contribution in [0.1, 0.15) is 47.0 Å². The first-order chi connectivity index (χ1) is 7.47. The maximum atomic E-state index is 11.7. The van der Waals surface area contributed by atoms with Crippen molar-refractivity contribution in [1.82, 2.24) is 4.90 Å². The van der Waals surface area contributed by atoms with Gasteiger partial charge in [0.2, 0.25) is 5.78 Å². The average Bonchev–Trinajstić information content (AvgIpc) is 2.11. The normalized spacial score (nSPS) is 18.2. The quantitative estimate of drug-likeness (QED) is 0.537. The Hall–Kier alpha value is -0.810. The first kappa shape index (κ1) is 13.3. The topological polar surface area (TPSA) is 20.3 Å². The molecule has 0 aromatic rings. The van der Waals surface area contributed by atoms with Crippen LogP contribution in [-0.2, 0) is 4.79 Å². The molecule has 0 aromatic heterocycles. The Labute approximate surface area is 99.4 Å². The molecule has 1 atom stereocenters. The molecule has 0 aliphatic carbocycles. The summed E-state index contributed by atoms with van der Waals surface area (Å²) >= 11 is 0. The van der Waals surface area contributed by atoms with Crippen LogP contribution in [0.25, 0.3) is 0 Å². The molecule has 0 bridgehead atoms. The number of carbonyl (C=O) groups is 1. The largest absolute Gasteiger partial charge is 0.288 e. The number of hydrogen-bond acceptors (Lipinski definition) is 2. The molecule has 0 spiro atoms. The van der Waals surface area contributed by atoms with Gasteiger partial charge in [-0.25, -0.2) is 0 Å². The number of hydrogen-bond donors (Lipinski definition) is 0. The van der Waals surface area contributed by atoms with Crippen molar-refractivity contribution in [3.8, 4) is 11.8 Å². The highest BCUT2D eigenvalue weighted by atomic mass is 16.1. The third kappa shape index (κ3) is 3.35. The standard InChI is InChI=1S/C14H23NO/c1-5-7-12(2)13(16)8-9-14(3,4)15-10-6-11-15/h12H,5-7,10-11H2,1-4H3. The molecular formula is C14H23NO. The van der Waals surface area contributed by atoms with Crippen molar-refractivity contribution in [3.05, 3.63) is 0 Å². The zero-order chi connectivity index (χ0) is 12.2. The van der Waals surface area contributed by atoms with E-state index in [1.165, 1.54) is 6.42 Å². The van der Waals surface area contributed by atoms with Gasteiger partial charge in [0.05, 0.1) is 5.54 Å². The van der Waals surface area contributed by atoms with Crippen LogP contribution in [0, 0.1) is 17.8 Å². The lowest BCUT2D eigenvalue weighted by atomic mass is 9.96. The summed E-state index contributed by atoms with van der Waals surface area (Å²) in [5, 5.41) is 0. The highest BCUT2D eigenvalue weighted by Crippen LogP contribution is 2.20. The van der Waals surface area contributed by atoms with Gasteiger partial charge in [0.1, 0.15) is 0 Å². The van der Waals surface area contributed by atoms with Crippen molar-refractivity contribution in [2.75, 3.05) is 13.1 Å². The van der Waals surface area contributed by atoms with Crippen molar-refractivity contribution < 1.29 is 4.79 Å². The first-order valence-corrected chi connectivity index (χ1v) is 6.29. The molecule has 2 heteroatoms. The number of rotatable bonds is 4. The monoisotopic (exact) mass is 221 g/mol. The maximum Gasteiger partial charge on any atom is 0.208 e. The summed E-state index contributed by atoms with van der Waals surface area (Å²) in [6.45, 7) is 10.5. The van der Waals surface area contributed by atoms with Crippen LogP contribution in [0.5, 0.6) is 0 Å². The minimum atomic E-state index is -0.139. The third-order valence-corrected chi connectivity index (χ3v) is 3.31. The SMILES string of the molecule is CCCC(C)C(=O)C#CC(C)(C)N1CCC1. The molecule has 90 valence electrons. The van der Waals surface area contributed by atoms with Gasteiger partial charge in [0.25, 0.3) is 0 Å². The van der Waals surface area contributed by atoms with Crippen molar-refractivity contribution in [3.63, 3.8) is 0 Å². The third-order valence-electron chi connectivity index (χ3n) is 3.31. The Morgan fingerprint density at radius 1 is 1.44 bits per heavy atom. The molecule has 1 rings (SSSR count). The molecule has 16 heavy (non-hydrogen) atoms. The Balaban J connectivity index is 2.54. The van der Waals surface area contributed by atoms with E-state index in [1.807, 2.05) is 6.92 Å². The van der Waals surface area contributed by atoms with Crippen LogP contribution >= 0.6 is 0 Å². The Bertz CT molecular complexity index is 304. The van der Waals surface area contributed by atoms with Crippen LogP contribution in [0.3, 0.4) is 0 Å². The summed E-state index contributed by atoms with van der Waals surface area (Å²) in [7, 11) is 0. The van der Waals surface area contributed by atoms with E-state index in [4.69, 9.17) is 0 Å². The summed E-state index contributed by atoms with van der Waals surface area (Å²) < 4.78 is 0. The zero-order valence-corrected chi connectivity index (χ0v) is 11.0. The second kappa shape index (κ2) is 5.50. The summed E-state index contributed by atoms with van der Waals surface area (Å²) in [6, 6.07) is 0. The smallest absolute Gasteiger partial charge is 0.208 e. The Morgan fingerprint density at radius 3 is 2.50 bits per heavy atom. The number of Topliss-reactive ketones (excluding diaryl/α,β-unsaturated/α-hetero) is 1. The van der Waals surface area contributed by atoms with E-state index in [1.54, 1.807) is 0 Å². The molecular weight excluding hydrogens is 198 g/mol. The minimum absolute atomic E-state index is 0.0877. The molecule has 1 unspecified atom stereocenters. The average molecular weight is 221 g/mol. The van der Waals surface area contributed by atoms with Crippen LogP contribution < -0.4 is 0 Å². The van der Waals surface area contributed by atoms with E-state index in [0.29, 0.717) is 0 Å². The second-order valence-corrected chi connectivity index (χ2v) is 5.20. The molecule has 1 saturated heterocycles. The fourth-order valence-electron chi connectivity index (χ4n) is 1.86. The lowest BCUT2D eigenvalue weighted by Crippen LogP contribution is -2.50. The van der Waals surface area contributed by atoms with Gasteiger partial charge >= 0.3 is 0 Å². The number of ketones is 1. The molecule has 1 fully saturated rings. The van der Waals surface area contributed by atoms with E-state index >= 15 is 0 Å². The van der Waals surface area contributed by atoms with Gasteiger partial charge < -0.3 is 0 Å². The van der Waals surface area contributed by atoms with Gasteiger partial charge in [-0.2, -0.15) is 0 Å². The second-order valence-electron chi connectivity index (χ2n) is 5.20. The number of carbonyl (C=O) groups excluding carboxylic acids is 1. The van der Waals surface area contributed by atoms with Crippen LogP contribution in [0.15, 0.2) is 0 Å². The van der Waals surface area contributed by atoms with Crippen LogP contribution in [-0.4, -0.2) is 29.3 Å². The lowest BCUT2D eigenvalue weighted by molar-refractivity contribution is -0.117. The fourth-order valence-corrected chi connectivity index (χ4v) is 1.86. The Kier molecular flexibility index (Phi) is 4.56. The fraction of sp³-hybridized carbons (Fsp3) is 0.786. The summed E-state index contributed by atoms with van der Waals surface area (Å²) in [4.78, 5) is 14.0. The van der Waals surface area contributed by atoms with Crippen molar-refractivity contribution >= 4 is 5.78 Å². The van der Waals surface area contributed by atoms with Crippen molar-refractivity contribution in [2.45, 2.75) is 52.5 Å². The van der Waals surface area contributed by atoms with E-state index < -0.39 is 0 Å². The molecule has 1 aliphatic heterocycles. The van der Waals surface area contributed by atoms with Crippen LogP contribution in [0.4, 0.5) is 0 Å². The highest BCUT2D eigenvalue weighted by molar-refractivity contribution is 5.97. The first-order valence-electron chi connectivity index (χ1n) is 6.29.